The lowest BCUT2D eigenvalue weighted by atomic mass is 10.1. The van der Waals surface area contributed by atoms with Crippen LogP contribution < -0.4 is 5.32 Å². The molecule has 0 aromatic carbocycles. The van der Waals surface area contributed by atoms with E-state index in [2.05, 4.69) is 33.4 Å². The van der Waals surface area contributed by atoms with Crippen LogP contribution in [0.3, 0.4) is 0 Å². The van der Waals surface area contributed by atoms with E-state index in [-0.39, 0.29) is 12.4 Å². The van der Waals surface area contributed by atoms with Crippen molar-refractivity contribution in [3.8, 4) is 0 Å². The number of rotatable bonds is 1. The lowest BCUT2D eigenvalue weighted by molar-refractivity contribution is 0.543. The molecule has 1 aliphatic rings. The Kier molecular flexibility index (Phi) is 5.45. The Morgan fingerprint density at radius 2 is 2.14 bits per heavy atom. The minimum Gasteiger partial charge on any atom is -0.309 e. The van der Waals surface area contributed by atoms with Gasteiger partial charge in [0.25, 0.3) is 0 Å². The Labute approximate surface area is 104 Å². The van der Waals surface area contributed by atoms with Crippen molar-refractivity contribution in [2.24, 2.45) is 0 Å². The lowest BCUT2D eigenvalue weighted by Crippen LogP contribution is -2.19. The highest BCUT2D eigenvalue weighted by atomic mass is 79.9. The van der Waals surface area contributed by atoms with E-state index >= 15 is 0 Å². The van der Waals surface area contributed by atoms with Crippen LogP contribution in [-0.4, -0.2) is 6.54 Å². The summed E-state index contributed by atoms with van der Waals surface area (Å²) in [5, 5.41) is 3.60. The van der Waals surface area contributed by atoms with Crippen molar-refractivity contribution in [1.82, 2.24) is 5.32 Å². The second-order valence-electron chi connectivity index (χ2n) is 3.50. The van der Waals surface area contributed by atoms with Crippen LogP contribution in [0.1, 0.15) is 36.6 Å². The maximum atomic E-state index is 3.60. The standard InChI is InChI=1S/C10H14BrNS.ClH/c11-10-6-5-9(13-10)8-4-2-1-3-7-12-8;/h5-6,8,12H,1-4,7H2;1H. The molecule has 1 fully saturated rings. The van der Waals surface area contributed by atoms with Crippen molar-refractivity contribution >= 4 is 39.7 Å². The fourth-order valence-corrected chi connectivity index (χ4v) is 3.32. The Hall–Kier alpha value is 0.430. The first kappa shape index (κ1) is 12.5. The fraction of sp³-hybridized carbons (Fsp3) is 0.600. The van der Waals surface area contributed by atoms with Gasteiger partial charge < -0.3 is 5.32 Å². The molecule has 14 heavy (non-hydrogen) atoms. The molecule has 0 saturated carbocycles. The van der Waals surface area contributed by atoms with Crippen molar-refractivity contribution in [2.75, 3.05) is 6.54 Å². The zero-order valence-corrected chi connectivity index (χ0v) is 11.2. The maximum absolute atomic E-state index is 3.60. The lowest BCUT2D eigenvalue weighted by Gasteiger charge is -2.12. The number of halogens is 2. The smallest absolute Gasteiger partial charge is 0.0701 e. The van der Waals surface area contributed by atoms with Gasteiger partial charge in [-0.05, 0) is 47.4 Å². The highest BCUT2D eigenvalue weighted by molar-refractivity contribution is 9.11. The molecule has 1 atom stereocenters. The predicted molar refractivity (Wildman–Crippen MR) is 68.5 cm³/mol. The Morgan fingerprint density at radius 3 is 2.86 bits per heavy atom. The summed E-state index contributed by atoms with van der Waals surface area (Å²) >= 11 is 5.37. The Morgan fingerprint density at radius 1 is 1.29 bits per heavy atom. The van der Waals surface area contributed by atoms with Crippen molar-refractivity contribution in [3.63, 3.8) is 0 Å². The normalized spacial score (nSPS) is 22.5. The molecule has 4 heteroatoms. The molecule has 2 heterocycles. The van der Waals surface area contributed by atoms with Gasteiger partial charge in [0.15, 0.2) is 0 Å². The van der Waals surface area contributed by atoms with Gasteiger partial charge in [-0.15, -0.1) is 23.7 Å². The van der Waals surface area contributed by atoms with Crippen LogP contribution in [0.15, 0.2) is 15.9 Å². The van der Waals surface area contributed by atoms with Gasteiger partial charge in [-0.1, -0.05) is 12.8 Å². The van der Waals surface area contributed by atoms with Gasteiger partial charge in [-0.2, -0.15) is 0 Å². The van der Waals surface area contributed by atoms with Crippen molar-refractivity contribution in [3.05, 3.63) is 20.8 Å². The van der Waals surface area contributed by atoms with Gasteiger partial charge in [-0.25, -0.2) is 0 Å². The third-order valence-corrected chi connectivity index (χ3v) is 4.24. The summed E-state index contributed by atoms with van der Waals surface area (Å²) in [5.41, 5.74) is 0. The molecule has 1 saturated heterocycles. The first-order chi connectivity index (χ1) is 6.36. The van der Waals surface area contributed by atoms with Crippen LogP contribution in [0.2, 0.25) is 0 Å². The summed E-state index contributed by atoms with van der Waals surface area (Å²) in [5.74, 6) is 0. The van der Waals surface area contributed by atoms with E-state index in [0.29, 0.717) is 6.04 Å². The molecule has 0 radical (unpaired) electrons. The van der Waals surface area contributed by atoms with Gasteiger partial charge in [0.1, 0.15) is 0 Å². The molecule has 1 N–H and O–H groups in total. The first-order valence-electron chi connectivity index (χ1n) is 4.85. The molecule has 2 rings (SSSR count). The van der Waals surface area contributed by atoms with E-state index in [4.69, 9.17) is 0 Å². The molecule has 0 spiro atoms. The second-order valence-corrected chi connectivity index (χ2v) is 5.99. The molecular formula is C10H15BrClNS. The average molecular weight is 297 g/mol. The second kappa shape index (κ2) is 6.11. The van der Waals surface area contributed by atoms with E-state index < -0.39 is 0 Å². The summed E-state index contributed by atoms with van der Waals surface area (Å²) in [4.78, 5) is 1.48. The van der Waals surface area contributed by atoms with Gasteiger partial charge in [-0.3, -0.25) is 0 Å². The third kappa shape index (κ3) is 3.23. The van der Waals surface area contributed by atoms with Crippen molar-refractivity contribution < 1.29 is 0 Å². The van der Waals surface area contributed by atoms with Gasteiger partial charge in [0.05, 0.1) is 3.79 Å². The van der Waals surface area contributed by atoms with Crippen molar-refractivity contribution in [1.29, 1.82) is 0 Å². The largest absolute Gasteiger partial charge is 0.309 e. The molecule has 1 aliphatic heterocycles. The van der Waals surface area contributed by atoms with E-state index in [1.807, 2.05) is 11.3 Å². The van der Waals surface area contributed by atoms with Gasteiger partial charge in [0.2, 0.25) is 0 Å². The average Bonchev–Trinajstić information content (AvgIpc) is 2.43. The quantitative estimate of drug-likeness (QED) is 0.821. The number of thiophene rings is 1. The highest BCUT2D eigenvalue weighted by Gasteiger charge is 2.14. The van der Waals surface area contributed by atoms with Gasteiger partial charge in [0, 0.05) is 10.9 Å². The molecule has 0 amide bonds. The van der Waals surface area contributed by atoms with E-state index in [1.54, 1.807) is 0 Å². The zero-order valence-electron chi connectivity index (χ0n) is 7.96. The van der Waals surface area contributed by atoms with Gasteiger partial charge >= 0.3 is 0 Å². The summed E-state index contributed by atoms with van der Waals surface area (Å²) in [6.45, 7) is 1.18. The summed E-state index contributed by atoms with van der Waals surface area (Å²) in [7, 11) is 0. The molecule has 0 bridgehead atoms. The topological polar surface area (TPSA) is 12.0 Å². The first-order valence-corrected chi connectivity index (χ1v) is 6.46. The predicted octanol–water partition coefficient (Wildman–Crippen LogP) is 4.14. The molecule has 1 aromatic heterocycles. The molecule has 1 unspecified atom stereocenters. The maximum Gasteiger partial charge on any atom is 0.0701 e. The van der Waals surface area contributed by atoms with Crippen LogP contribution >= 0.6 is 39.7 Å². The SMILES string of the molecule is Brc1ccc(C2CCCCCN2)s1.Cl. The van der Waals surface area contributed by atoms with Crippen LogP contribution in [0, 0.1) is 0 Å². The number of hydrogen-bond donors (Lipinski definition) is 1. The Balaban J connectivity index is 0.000000980. The van der Waals surface area contributed by atoms with Crippen LogP contribution in [0.5, 0.6) is 0 Å². The summed E-state index contributed by atoms with van der Waals surface area (Å²) < 4.78 is 1.24. The molecule has 1 nitrogen and oxygen atoms in total. The fourth-order valence-electron chi connectivity index (χ4n) is 1.79. The summed E-state index contributed by atoms with van der Waals surface area (Å²) in [6.07, 6.45) is 5.39. The molecular weight excluding hydrogens is 282 g/mol. The van der Waals surface area contributed by atoms with Crippen LogP contribution in [0.25, 0.3) is 0 Å². The Bertz CT molecular complexity index is 269. The molecule has 1 aromatic rings. The van der Waals surface area contributed by atoms with E-state index in [0.717, 1.165) is 0 Å². The number of nitrogens with one attached hydrogen (secondary N) is 1. The molecule has 80 valence electrons. The van der Waals surface area contributed by atoms with Crippen LogP contribution in [0.4, 0.5) is 0 Å². The summed E-state index contributed by atoms with van der Waals surface area (Å²) in [6, 6.07) is 4.99. The third-order valence-electron chi connectivity index (χ3n) is 2.50. The minimum absolute atomic E-state index is 0. The minimum atomic E-state index is 0. The van der Waals surface area contributed by atoms with E-state index in [9.17, 15) is 0 Å². The monoisotopic (exact) mass is 295 g/mol. The van der Waals surface area contributed by atoms with Crippen molar-refractivity contribution in [2.45, 2.75) is 31.7 Å². The van der Waals surface area contributed by atoms with E-state index in [1.165, 1.54) is 40.9 Å². The number of hydrogen-bond acceptors (Lipinski definition) is 2. The highest BCUT2D eigenvalue weighted by Crippen LogP contribution is 2.31. The zero-order chi connectivity index (χ0) is 9.10. The van der Waals surface area contributed by atoms with Crippen LogP contribution in [-0.2, 0) is 0 Å². The molecule has 0 aliphatic carbocycles.